The van der Waals surface area contributed by atoms with Crippen molar-refractivity contribution in [3.8, 4) is 0 Å². The molecule has 35 heavy (non-hydrogen) atoms. The smallest absolute Gasteiger partial charge is 0.269 e. The van der Waals surface area contributed by atoms with E-state index < -0.39 is 20.8 Å². The van der Waals surface area contributed by atoms with Gasteiger partial charge in [-0.2, -0.15) is 0 Å². The molecular formula is C19H19BrFN7O6S. The molecule has 0 aliphatic carbocycles. The van der Waals surface area contributed by atoms with Crippen LogP contribution in [0.5, 0.6) is 0 Å². The Bertz CT molecular complexity index is 1320. The van der Waals surface area contributed by atoms with Crippen molar-refractivity contribution in [3.05, 3.63) is 74.1 Å². The molecule has 3 N–H and O–H groups in total. The predicted octanol–water partition coefficient (Wildman–Crippen LogP) is 2.83. The highest BCUT2D eigenvalue weighted by molar-refractivity contribution is 9.10. The van der Waals surface area contributed by atoms with E-state index in [0.29, 0.717) is 11.3 Å². The van der Waals surface area contributed by atoms with Crippen LogP contribution >= 0.6 is 15.9 Å². The zero-order valence-corrected chi connectivity index (χ0v) is 20.5. The molecule has 0 aliphatic heterocycles. The maximum Gasteiger partial charge on any atom is 0.269 e. The molecule has 1 heterocycles. The second-order valence-electron chi connectivity index (χ2n) is 6.95. The van der Waals surface area contributed by atoms with Gasteiger partial charge in [-0.25, -0.2) is 22.2 Å². The Kier molecular flexibility index (Phi) is 8.67. The summed E-state index contributed by atoms with van der Waals surface area (Å²) in [7, 11) is -3.36. The molecule has 0 unspecified atom stereocenters. The first-order valence-corrected chi connectivity index (χ1v) is 12.5. The van der Waals surface area contributed by atoms with Crippen LogP contribution in [0.4, 0.5) is 21.6 Å². The maximum atomic E-state index is 13.6. The van der Waals surface area contributed by atoms with E-state index in [1.807, 2.05) is 0 Å². The number of nitro benzene ring substituents is 1. The van der Waals surface area contributed by atoms with Gasteiger partial charge in [0.25, 0.3) is 5.69 Å². The number of oxime groups is 1. The number of aromatic nitrogens is 2. The van der Waals surface area contributed by atoms with Gasteiger partial charge in [-0.05, 0) is 62.1 Å². The highest BCUT2D eigenvalue weighted by Gasteiger charge is 2.18. The molecule has 3 rings (SSSR count). The number of hydrogen-bond acceptors (Lipinski definition) is 10. The summed E-state index contributed by atoms with van der Waals surface area (Å²) < 4.78 is 43.4. The molecule has 0 atom stereocenters. The molecule has 0 amide bonds. The predicted molar refractivity (Wildman–Crippen MR) is 128 cm³/mol. The van der Waals surface area contributed by atoms with E-state index in [1.165, 1.54) is 42.5 Å². The number of nitrogens with one attached hydrogen (secondary N) is 3. The van der Waals surface area contributed by atoms with E-state index in [1.54, 1.807) is 0 Å². The lowest BCUT2D eigenvalue weighted by molar-refractivity contribution is -0.384. The van der Waals surface area contributed by atoms with Crippen molar-refractivity contribution in [3.63, 3.8) is 0 Å². The lowest BCUT2D eigenvalue weighted by atomic mass is 10.2. The number of non-ortho nitro benzene ring substituents is 1. The molecule has 0 saturated carbocycles. The zero-order chi connectivity index (χ0) is 25.4. The van der Waals surface area contributed by atoms with Gasteiger partial charge in [0, 0.05) is 30.9 Å². The summed E-state index contributed by atoms with van der Waals surface area (Å²) in [5.41, 5.74) is 1.10. The Balaban J connectivity index is 1.78. The summed E-state index contributed by atoms with van der Waals surface area (Å²) in [5, 5.41) is 28.2. The summed E-state index contributed by atoms with van der Waals surface area (Å²) in [4.78, 5) is 15.7. The Hall–Kier alpha value is -3.63. The second kappa shape index (κ2) is 11.7. The van der Waals surface area contributed by atoms with E-state index >= 15 is 0 Å². The van der Waals surface area contributed by atoms with Gasteiger partial charge in [-0.1, -0.05) is 5.16 Å². The lowest BCUT2D eigenvalue weighted by Gasteiger charge is -2.10. The molecule has 186 valence electrons. The summed E-state index contributed by atoms with van der Waals surface area (Å²) >= 11 is 3.11. The first-order valence-electron chi connectivity index (χ1n) is 9.79. The molecule has 0 bridgehead atoms. The van der Waals surface area contributed by atoms with Crippen LogP contribution in [0.1, 0.15) is 11.3 Å². The number of amidine groups is 1. The van der Waals surface area contributed by atoms with Gasteiger partial charge in [0.15, 0.2) is 5.69 Å². The van der Waals surface area contributed by atoms with Crippen molar-refractivity contribution < 1.29 is 27.2 Å². The molecule has 16 heteroatoms. The lowest BCUT2D eigenvalue weighted by Crippen LogP contribution is -2.28. The van der Waals surface area contributed by atoms with Gasteiger partial charge >= 0.3 is 0 Å². The van der Waals surface area contributed by atoms with Crippen LogP contribution in [0.3, 0.4) is 0 Å². The van der Waals surface area contributed by atoms with Crippen LogP contribution in [0.15, 0.2) is 56.7 Å². The standard InChI is InChI=1S/C19H19BrFN7O6S/c1-35(31,32)23-9-8-22-18-17(25-34-27-18)19(24-13-4-7-16(21)15(20)10-13)26-33-11-12-2-5-14(6-3-12)28(29)30/h2-7,10,23H,8-9,11H2,1H3,(H,22,27)(H,24,26). The number of halogens is 2. The van der Waals surface area contributed by atoms with Crippen LogP contribution in [0.25, 0.3) is 0 Å². The summed E-state index contributed by atoms with van der Waals surface area (Å²) in [6, 6.07) is 9.89. The van der Waals surface area contributed by atoms with Gasteiger partial charge in [-0.3, -0.25) is 10.1 Å². The van der Waals surface area contributed by atoms with Crippen molar-refractivity contribution in [2.75, 3.05) is 30.0 Å². The van der Waals surface area contributed by atoms with Gasteiger partial charge in [-0.15, -0.1) is 0 Å². The fourth-order valence-corrected chi connectivity index (χ4v) is 3.45. The van der Waals surface area contributed by atoms with Gasteiger partial charge < -0.3 is 15.5 Å². The molecule has 1 aromatic heterocycles. The minimum atomic E-state index is -3.36. The van der Waals surface area contributed by atoms with Crippen molar-refractivity contribution in [1.82, 2.24) is 15.0 Å². The van der Waals surface area contributed by atoms with Crippen molar-refractivity contribution >= 4 is 49.0 Å². The molecule has 0 saturated heterocycles. The Labute approximate surface area is 207 Å². The Morgan fingerprint density at radius 2 is 1.97 bits per heavy atom. The fraction of sp³-hybridized carbons (Fsp3) is 0.211. The van der Waals surface area contributed by atoms with Crippen molar-refractivity contribution in [2.45, 2.75) is 6.61 Å². The molecule has 0 aliphatic rings. The van der Waals surface area contributed by atoms with E-state index in [-0.39, 0.29) is 47.2 Å². The summed E-state index contributed by atoms with van der Waals surface area (Å²) in [5.74, 6) is -0.274. The van der Waals surface area contributed by atoms with Crippen LogP contribution in [-0.4, -0.2) is 48.8 Å². The molecule has 0 spiro atoms. The van der Waals surface area contributed by atoms with Crippen molar-refractivity contribution in [2.24, 2.45) is 5.16 Å². The highest BCUT2D eigenvalue weighted by atomic mass is 79.9. The Morgan fingerprint density at radius 3 is 2.63 bits per heavy atom. The number of nitrogens with zero attached hydrogens (tertiary/aromatic N) is 4. The van der Waals surface area contributed by atoms with Crippen molar-refractivity contribution in [1.29, 1.82) is 0 Å². The third kappa shape index (κ3) is 7.97. The first-order chi connectivity index (χ1) is 16.6. The number of nitro groups is 1. The fourth-order valence-electron chi connectivity index (χ4n) is 2.60. The molecule has 13 nitrogen and oxygen atoms in total. The summed E-state index contributed by atoms with van der Waals surface area (Å²) in [6.07, 6.45) is 1.04. The van der Waals surface area contributed by atoms with E-state index in [0.717, 1.165) is 6.26 Å². The molecule has 0 radical (unpaired) electrons. The number of hydrogen-bond donors (Lipinski definition) is 3. The monoisotopic (exact) mass is 571 g/mol. The quantitative estimate of drug-likeness (QED) is 0.102. The molecule has 0 fully saturated rings. The van der Waals surface area contributed by atoms with E-state index in [4.69, 9.17) is 9.47 Å². The average molecular weight is 572 g/mol. The molecule has 3 aromatic rings. The molecule has 2 aromatic carbocycles. The number of anilines is 2. The normalized spacial score (nSPS) is 11.8. The van der Waals surface area contributed by atoms with Gasteiger partial charge in [0.2, 0.25) is 21.7 Å². The van der Waals surface area contributed by atoms with Crippen LogP contribution in [-0.2, 0) is 21.5 Å². The van der Waals surface area contributed by atoms with E-state index in [2.05, 4.69) is 46.8 Å². The SMILES string of the molecule is CS(=O)(=O)NCCNc1nonc1/C(=N/OCc1ccc([N+](=O)[O-])cc1)Nc1ccc(F)c(Br)c1. The third-order valence-electron chi connectivity index (χ3n) is 4.21. The molecular weight excluding hydrogens is 553 g/mol. The number of sulfonamides is 1. The van der Waals surface area contributed by atoms with Crippen LogP contribution in [0, 0.1) is 15.9 Å². The van der Waals surface area contributed by atoms with Gasteiger partial charge in [0.05, 0.1) is 15.7 Å². The average Bonchev–Trinajstić information content (AvgIpc) is 3.26. The van der Waals surface area contributed by atoms with Crippen LogP contribution < -0.4 is 15.4 Å². The van der Waals surface area contributed by atoms with E-state index in [9.17, 15) is 22.9 Å². The van der Waals surface area contributed by atoms with Gasteiger partial charge in [0.1, 0.15) is 12.4 Å². The second-order valence-corrected chi connectivity index (χ2v) is 9.63. The maximum absolute atomic E-state index is 13.6. The van der Waals surface area contributed by atoms with Crippen LogP contribution in [0.2, 0.25) is 0 Å². The topological polar surface area (TPSA) is 174 Å². The zero-order valence-electron chi connectivity index (χ0n) is 18.1. The summed E-state index contributed by atoms with van der Waals surface area (Å²) in [6.45, 7) is 0.211. The number of benzene rings is 2. The first kappa shape index (κ1) is 26.0. The largest absolute Gasteiger partial charge is 0.389 e. The number of rotatable bonds is 11. The Morgan fingerprint density at radius 1 is 1.23 bits per heavy atom. The minimum absolute atomic E-state index is 0.0252. The minimum Gasteiger partial charge on any atom is -0.389 e. The highest BCUT2D eigenvalue weighted by Crippen LogP contribution is 2.22. The third-order valence-corrected chi connectivity index (χ3v) is 5.55.